The molecule has 6 heteroatoms. The van der Waals surface area contributed by atoms with Gasteiger partial charge in [-0.2, -0.15) is 5.10 Å². The van der Waals surface area contributed by atoms with Crippen molar-refractivity contribution in [2.75, 3.05) is 26.7 Å². The van der Waals surface area contributed by atoms with Crippen molar-refractivity contribution in [3.63, 3.8) is 0 Å². The smallest absolute Gasteiger partial charge is 0.269 e. The van der Waals surface area contributed by atoms with Gasteiger partial charge >= 0.3 is 0 Å². The molecule has 150 valence electrons. The van der Waals surface area contributed by atoms with Gasteiger partial charge in [-0.15, -0.1) is 0 Å². The monoisotopic (exact) mass is 382 g/mol. The van der Waals surface area contributed by atoms with Crippen LogP contribution in [-0.4, -0.2) is 53.8 Å². The number of aromatic nitrogens is 2. The Bertz CT molecular complexity index is 758. The van der Waals surface area contributed by atoms with Crippen molar-refractivity contribution in [2.45, 2.75) is 50.0 Å². The minimum atomic E-state index is -0.0542. The average Bonchev–Trinajstić information content (AvgIpc) is 3.42. The number of nitrogens with zero attached hydrogens (tertiary/aromatic N) is 2. The molecular weight excluding hydrogens is 352 g/mol. The third-order valence-corrected chi connectivity index (χ3v) is 6.46. The summed E-state index contributed by atoms with van der Waals surface area (Å²) in [6.07, 6.45) is 8.74. The van der Waals surface area contributed by atoms with Gasteiger partial charge < -0.3 is 15.0 Å². The molecule has 0 unspecified atom stereocenters. The summed E-state index contributed by atoms with van der Waals surface area (Å²) in [6.45, 7) is 3.18. The van der Waals surface area contributed by atoms with Gasteiger partial charge in [0.05, 0.1) is 7.11 Å². The van der Waals surface area contributed by atoms with Crippen molar-refractivity contribution in [3.8, 4) is 5.75 Å². The summed E-state index contributed by atoms with van der Waals surface area (Å²) < 4.78 is 5.33. The van der Waals surface area contributed by atoms with E-state index in [0.29, 0.717) is 5.69 Å². The van der Waals surface area contributed by atoms with E-state index in [1.54, 1.807) is 19.4 Å². The first-order chi connectivity index (χ1) is 13.7. The van der Waals surface area contributed by atoms with Gasteiger partial charge in [0.2, 0.25) is 0 Å². The van der Waals surface area contributed by atoms with E-state index in [0.717, 1.165) is 38.2 Å². The zero-order valence-corrected chi connectivity index (χ0v) is 16.6. The maximum Gasteiger partial charge on any atom is 0.269 e. The normalized spacial score (nSPS) is 20.2. The van der Waals surface area contributed by atoms with Crippen LogP contribution in [-0.2, 0) is 5.41 Å². The molecule has 4 rings (SSSR count). The summed E-state index contributed by atoms with van der Waals surface area (Å²) in [6, 6.07) is 10.6. The van der Waals surface area contributed by atoms with Gasteiger partial charge in [0.1, 0.15) is 11.4 Å². The lowest BCUT2D eigenvalue weighted by atomic mass is 9.78. The Kier molecular flexibility index (Phi) is 5.67. The molecule has 0 bridgehead atoms. The number of hydrogen-bond acceptors (Lipinski definition) is 4. The fraction of sp³-hybridized carbons (Fsp3) is 0.545. The number of hydrogen-bond donors (Lipinski definition) is 2. The molecule has 1 saturated carbocycles. The third kappa shape index (κ3) is 4.07. The van der Waals surface area contributed by atoms with E-state index in [1.807, 2.05) is 0 Å². The van der Waals surface area contributed by atoms with Gasteiger partial charge in [0, 0.05) is 37.3 Å². The molecule has 1 aliphatic carbocycles. The van der Waals surface area contributed by atoms with E-state index in [2.05, 4.69) is 44.7 Å². The van der Waals surface area contributed by atoms with E-state index < -0.39 is 0 Å². The first kappa shape index (κ1) is 19.0. The van der Waals surface area contributed by atoms with Crippen LogP contribution >= 0.6 is 0 Å². The second-order valence-corrected chi connectivity index (χ2v) is 8.21. The number of H-pyrrole nitrogens is 1. The molecule has 0 spiro atoms. The molecule has 2 heterocycles. The van der Waals surface area contributed by atoms with Crippen molar-refractivity contribution < 1.29 is 9.53 Å². The van der Waals surface area contributed by atoms with Crippen molar-refractivity contribution in [1.82, 2.24) is 20.4 Å². The number of carbonyl (C=O) groups excluding carboxylic acids is 1. The van der Waals surface area contributed by atoms with E-state index >= 15 is 0 Å². The largest absolute Gasteiger partial charge is 0.497 e. The second kappa shape index (κ2) is 8.35. The van der Waals surface area contributed by atoms with Gasteiger partial charge in [0.15, 0.2) is 0 Å². The van der Waals surface area contributed by atoms with Crippen molar-refractivity contribution >= 4 is 5.91 Å². The number of piperidine rings is 1. The van der Waals surface area contributed by atoms with Crippen LogP contribution in [0, 0.1) is 0 Å². The highest BCUT2D eigenvalue weighted by molar-refractivity contribution is 5.92. The quantitative estimate of drug-likeness (QED) is 0.805. The van der Waals surface area contributed by atoms with Gasteiger partial charge in [-0.3, -0.25) is 9.89 Å². The summed E-state index contributed by atoms with van der Waals surface area (Å²) >= 11 is 0. The highest BCUT2D eigenvalue weighted by Crippen LogP contribution is 2.42. The van der Waals surface area contributed by atoms with E-state index in [4.69, 9.17) is 4.74 Å². The first-order valence-corrected chi connectivity index (χ1v) is 10.4. The molecule has 1 aromatic heterocycles. The molecule has 0 radical (unpaired) electrons. The van der Waals surface area contributed by atoms with Crippen molar-refractivity contribution in [1.29, 1.82) is 0 Å². The summed E-state index contributed by atoms with van der Waals surface area (Å²) in [4.78, 5) is 14.8. The standard InChI is InChI=1S/C22H30N4O2/c1-28-19-6-4-17(5-7-19)22(11-2-3-12-22)16-26-14-9-18(10-15-26)24-21(27)20-8-13-23-25-20/h4-8,13,18H,2-3,9-12,14-16H2,1H3,(H,23,25)(H,24,27). The molecule has 1 aromatic carbocycles. The molecule has 2 aromatic rings. The lowest BCUT2D eigenvalue weighted by Crippen LogP contribution is -2.48. The van der Waals surface area contributed by atoms with Crippen LogP contribution in [0.1, 0.15) is 54.6 Å². The minimum absolute atomic E-state index is 0.0542. The van der Waals surface area contributed by atoms with Crippen LogP contribution in [0.5, 0.6) is 5.75 Å². The lowest BCUT2D eigenvalue weighted by Gasteiger charge is -2.39. The van der Waals surface area contributed by atoms with Gasteiger partial charge in [-0.25, -0.2) is 0 Å². The molecular formula is C22H30N4O2. The van der Waals surface area contributed by atoms with Crippen LogP contribution in [0.25, 0.3) is 0 Å². The Morgan fingerprint density at radius 2 is 1.93 bits per heavy atom. The van der Waals surface area contributed by atoms with Crippen LogP contribution in [0.3, 0.4) is 0 Å². The molecule has 2 aliphatic rings. The van der Waals surface area contributed by atoms with Crippen LogP contribution in [0.15, 0.2) is 36.5 Å². The minimum Gasteiger partial charge on any atom is -0.497 e. The van der Waals surface area contributed by atoms with Gasteiger partial charge in [-0.05, 0) is 49.4 Å². The highest BCUT2D eigenvalue weighted by Gasteiger charge is 2.38. The molecule has 6 nitrogen and oxygen atoms in total. The molecule has 1 aliphatic heterocycles. The van der Waals surface area contributed by atoms with E-state index in [9.17, 15) is 4.79 Å². The van der Waals surface area contributed by atoms with Crippen molar-refractivity contribution in [3.05, 3.63) is 47.8 Å². The molecule has 2 N–H and O–H groups in total. The maximum atomic E-state index is 12.2. The number of benzene rings is 1. The maximum absolute atomic E-state index is 12.2. The first-order valence-electron chi connectivity index (χ1n) is 10.4. The Labute approximate surface area is 166 Å². The number of aromatic amines is 1. The Morgan fingerprint density at radius 1 is 1.21 bits per heavy atom. The fourth-order valence-corrected chi connectivity index (χ4v) is 4.84. The number of nitrogens with one attached hydrogen (secondary N) is 2. The Morgan fingerprint density at radius 3 is 2.54 bits per heavy atom. The van der Waals surface area contributed by atoms with E-state index in [-0.39, 0.29) is 17.4 Å². The SMILES string of the molecule is COc1ccc(C2(CN3CCC(NC(=O)c4ccn[nH]4)CC3)CCCC2)cc1. The summed E-state index contributed by atoms with van der Waals surface area (Å²) in [5, 5.41) is 9.72. The number of amides is 1. The van der Waals surface area contributed by atoms with Crippen LogP contribution < -0.4 is 10.1 Å². The summed E-state index contributed by atoms with van der Waals surface area (Å²) in [5.41, 5.74) is 2.24. The van der Waals surface area contributed by atoms with Crippen LogP contribution in [0.4, 0.5) is 0 Å². The van der Waals surface area contributed by atoms with E-state index in [1.165, 1.54) is 31.2 Å². The topological polar surface area (TPSA) is 70.2 Å². The Balaban J connectivity index is 1.35. The second-order valence-electron chi connectivity index (χ2n) is 8.21. The number of carbonyl (C=O) groups is 1. The van der Waals surface area contributed by atoms with Gasteiger partial charge in [-0.1, -0.05) is 25.0 Å². The summed E-state index contributed by atoms with van der Waals surface area (Å²) in [7, 11) is 1.72. The number of methoxy groups -OCH3 is 1. The molecule has 1 saturated heterocycles. The summed E-state index contributed by atoms with van der Waals surface area (Å²) in [5.74, 6) is 0.868. The molecule has 2 fully saturated rings. The lowest BCUT2D eigenvalue weighted by molar-refractivity contribution is 0.0896. The fourth-order valence-electron chi connectivity index (χ4n) is 4.84. The third-order valence-electron chi connectivity index (χ3n) is 6.46. The molecule has 28 heavy (non-hydrogen) atoms. The number of rotatable bonds is 6. The predicted molar refractivity (Wildman–Crippen MR) is 109 cm³/mol. The number of ether oxygens (including phenoxy) is 1. The predicted octanol–water partition coefficient (Wildman–Crippen LogP) is 3.12. The average molecular weight is 383 g/mol. The van der Waals surface area contributed by atoms with Crippen molar-refractivity contribution in [2.24, 2.45) is 0 Å². The van der Waals surface area contributed by atoms with Gasteiger partial charge in [0.25, 0.3) is 5.91 Å². The molecule has 0 atom stereocenters. The molecule has 1 amide bonds. The zero-order valence-electron chi connectivity index (χ0n) is 16.6. The van der Waals surface area contributed by atoms with Crippen LogP contribution in [0.2, 0.25) is 0 Å². The number of likely N-dealkylation sites (tertiary alicyclic amines) is 1. The highest BCUT2D eigenvalue weighted by atomic mass is 16.5. The zero-order chi connectivity index (χ0) is 19.4. The Hall–Kier alpha value is -2.34.